The summed E-state index contributed by atoms with van der Waals surface area (Å²) in [6.07, 6.45) is 4.54. The van der Waals surface area contributed by atoms with E-state index in [0.29, 0.717) is 12.6 Å². The molecule has 2 aromatic rings. The van der Waals surface area contributed by atoms with Crippen molar-refractivity contribution in [1.29, 1.82) is 0 Å². The first kappa shape index (κ1) is 24.2. The minimum absolute atomic E-state index is 0. The van der Waals surface area contributed by atoms with E-state index in [0.717, 1.165) is 49.9 Å². The van der Waals surface area contributed by atoms with Crippen molar-refractivity contribution in [3.63, 3.8) is 0 Å². The molecule has 1 heterocycles. The fourth-order valence-electron chi connectivity index (χ4n) is 2.72. The molecule has 0 aliphatic rings. The third-order valence-electron chi connectivity index (χ3n) is 4.50. The van der Waals surface area contributed by atoms with Crippen molar-refractivity contribution in [2.75, 3.05) is 20.2 Å². The first-order chi connectivity index (χ1) is 13.2. The standard InChI is InChI=1S/C20H32N6O.HI/c1-5-16(3)24-20(22-13-14-26-15-23-25-19(26)6-2)21-12-11-17-9-7-8-10-18(17)27-4;/h7-10,15-16H,5-6,11-14H2,1-4H3,(H2,21,22,24);1H. The molecule has 7 nitrogen and oxygen atoms in total. The second-order valence-electron chi connectivity index (χ2n) is 6.47. The van der Waals surface area contributed by atoms with Gasteiger partial charge in [-0.3, -0.25) is 4.99 Å². The van der Waals surface area contributed by atoms with E-state index in [4.69, 9.17) is 9.73 Å². The lowest BCUT2D eigenvalue weighted by Gasteiger charge is -2.17. The van der Waals surface area contributed by atoms with Crippen LogP contribution in [-0.4, -0.2) is 47.0 Å². The Hall–Kier alpha value is -1.84. The van der Waals surface area contributed by atoms with Gasteiger partial charge in [-0.1, -0.05) is 32.0 Å². The van der Waals surface area contributed by atoms with Crippen molar-refractivity contribution < 1.29 is 4.74 Å². The molecule has 0 amide bonds. The molecule has 0 radical (unpaired) electrons. The van der Waals surface area contributed by atoms with Gasteiger partial charge in [0.25, 0.3) is 0 Å². The number of nitrogens with zero attached hydrogens (tertiary/aromatic N) is 4. The van der Waals surface area contributed by atoms with Gasteiger partial charge in [0.1, 0.15) is 17.9 Å². The normalized spacial score (nSPS) is 12.2. The number of aryl methyl sites for hydroxylation is 1. The molecule has 0 saturated heterocycles. The van der Waals surface area contributed by atoms with Gasteiger partial charge >= 0.3 is 0 Å². The summed E-state index contributed by atoms with van der Waals surface area (Å²) in [7, 11) is 1.70. The highest BCUT2D eigenvalue weighted by molar-refractivity contribution is 14.0. The number of hydrogen-bond acceptors (Lipinski definition) is 4. The van der Waals surface area contributed by atoms with Crippen molar-refractivity contribution in [1.82, 2.24) is 25.4 Å². The van der Waals surface area contributed by atoms with Crippen LogP contribution in [0.4, 0.5) is 0 Å². The fraction of sp³-hybridized carbons (Fsp3) is 0.550. The van der Waals surface area contributed by atoms with Crippen LogP contribution in [0.25, 0.3) is 0 Å². The highest BCUT2D eigenvalue weighted by atomic mass is 127. The van der Waals surface area contributed by atoms with E-state index in [2.05, 4.69) is 52.2 Å². The van der Waals surface area contributed by atoms with Crippen LogP contribution in [0.3, 0.4) is 0 Å². The maximum atomic E-state index is 5.42. The van der Waals surface area contributed by atoms with E-state index in [1.165, 1.54) is 5.56 Å². The van der Waals surface area contributed by atoms with Gasteiger partial charge in [0.15, 0.2) is 5.96 Å². The van der Waals surface area contributed by atoms with E-state index in [9.17, 15) is 0 Å². The molecular formula is C20H33IN6O. The highest BCUT2D eigenvalue weighted by Crippen LogP contribution is 2.17. The van der Waals surface area contributed by atoms with Crippen molar-refractivity contribution in [3.8, 4) is 5.75 Å². The smallest absolute Gasteiger partial charge is 0.191 e. The lowest BCUT2D eigenvalue weighted by atomic mass is 10.1. The van der Waals surface area contributed by atoms with E-state index in [-0.39, 0.29) is 24.0 Å². The molecule has 0 saturated carbocycles. The summed E-state index contributed by atoms with van der Waals surface area (Å²) in [6, 6.07) is 8.45. The summed E-state index contributed by atoms with van der Waals surface area (Å²) >= 11 is 0. The van der Waals surface area contributed by atoms with Crippen LogP contribution in [0, 0.1) is 0 Å². The van der Waals surface area contributed by atoms with Crippen LogP contribution in [-0.2, 0) is 19.4 Å². The van der Waals surface area contributed by atoms with Crippen LogP contribution in [0.2, 0.25) is 0 Å². The fourth-order valence-corrected chi connectivity index (χ4v) is 2.72. The molecule has 0 bridgehead atoms. The van der Waals surface area contributed by atoms with Crippen LogP contribution in [0.1, 0.15) is 38.6 Å². The second-order valence-corrected chi connectivity index (χ2v) is 6.47. The Kier molecular flexibility index (Phi) is 11.5. The molecule has 2 rings (SSSR count). The molecule has 0 spiro atoms. The number of halogens is 1. The topological polar surface area (TPSA) is 76.4 Å². The first-order valence-electron chi connectivity index (χ1n) is 9.71. The predicted molar refractivity (Wildman–Crippen MR) is 125 cm³/mol. The first-order valence-corrected chi connectivity index (χ1v) is 9.71. The summed E-state index contributed by atoms with van der Waals surface area (Å²) in [6.45, 7) is 8.68. The Bertz CT molecular complexity index is 718. The number of aliphatic imine (C=N–C) groups is 1. The largest absolute Gasteiger partial charge is 0.496 e. The number of aromatic nitrogens is 3. The average molecular weight is 500 g/mol. The maximum absolute atomic E-state index is 5.42. The zero-order valence-electron chi connectivity index (χ0n) is 17.3. The van der Waals surface area contributed by atoms with E-state index in [1.54, 1.807) is 13.4 Å². The van der Waals surface area contributed by atoms with E-state index < -0.39 is 0 Å². The Morgan fingerprint density at radius 2 is 2.07 bits per heavy atom. The molecule has 0 fully saturated rings. The molecule has 2 N–H and O–H groups in total. The molecule has 0 aliphatic heterocycles. The summed E-state index contributed by atoms with van der Waals surface area (Å²) in [5.41, 5.74) is 1.17. The predicted octanol–water partition coefficient (Wildman–Crippen LogP) is 3.04. The SMILES string of the molecule is CCc1nncn1CCNC(=NCCc1ccccc1OC)NC(C)CC.I. The van der Waals surface area contributed by atoms with Gasteiger partial charge < -0.3 is 19.9 Å². The van der Waals surface area contributed by atoms with E-state index in [1.807, 2.05) is 18.2 Å². The maximum Gasteiger partial charge on any atom is 0.191 e. The molecule has 0 aliphatic carbocycles. The van der Waals surface area contributed by atoms with Crippen LogP contribution >= 0.6 is 24.0 Å². The average Bonchev–Trinajstić information content (AvgIpc) is 3.15. The third kappa shape index (κ3) is 7.65. The number of guanidine groups is 1. The number of ether oxygens (including phenoxy) is 1. The van der Waals surface area contributed by atoms with Crippen molar-refractivity contribution in [2.24, 2.45) is 4.99 Å². The van der Waals surface area contributed by atoms with Gasteiger partial charge in [-0.15, -0.1) is 34.2 Å². The lowest BCUT2D eigenvalue weighted by molar-refractivity contribution is 0.410. The number of methoxy groups -OCH3 is 1. The lowest BCUT2D eigenvalue weighted by Crippen LogP contribution is -2.43. The summed E-state index contributed by atoms with van der Waals surface area (Å²) in [5.74, 6) is 2.75. The monoisotopic (exact) mass is 500 g/mol. The van der Waals surface area contributed by atoms with Crippen LogP contribution in [0.15, 0.2) is 35.6 Å². The molecule has 1 aromatic heterocycles. The molecule has 1 unspecified atom stereocenters. The number of para-hydroxylation sites is 1. The van der Waals surface area contributed by atoms with Crippen molar-refractivity contribution in [2.45, 2.75) is 52.6 Å². The molecule has 1 atom stereocenters. The number of rotatable bonds is 10. The summed E-state index contributed by atoms with van der Waals surface area (Å²) in [5, 5.41) is 15.0. The van der Waals surface area contributed by atoms with Gasteiger partial charge in [0.05, 0.1) is 7.11 Å². The second kappa shape index (κ2) is 13.4. The Morgan fingerprint density at radius 3 is 2.79 bits per heavy atom. The van der Waals surface area contributed by atoms with Gasteiger partial charge in [0, 0.05) is 32.1 Å². The van der Waals surface area contributed by atoms with E-state index >= 15 is 0 Å². The van der Waals surface area contributed by atoms with Crippen LogP contribution in [0.5, 0.6) is 5.75 Å². The minimum atomic E-state index is 0. The van der Waals surface area contributed by atoms with Gasteiger partial charge in [-0.05, 0) is 31.4 Å². The summed E-state index contributed by atoms with van der Waals surface area (Å²) in [4.78, 5) is 4.74. The zero-order valence-corrected chi connectivity index (χ0v) is 19.6. The Labute approximate surface area is 185 Å². The highest BCUT2D eigenvalue weighted by Gasteiger charge is 2.06. The minimum Gasteiger partial charge on any atom is -0.496 e. The number of benzene rings is 1. The summed E-state index contributed by atoms with van der Waals surface area (Å²) < 4.78 is 7.49. The number of hydrogen-bond donors (Lipinski definition) is 2. The Morgan fingerprint density at radius 1 is 1.29 bits per heavy atom. The molecule has 1 aromatic carbocycles. The van der Waals surface area contributed by atoms with Gasteiger partial charge in [-0.25, -0.2) is 0 Å². The third-order valence-corrected chi connectivity index (χ3v) is 4.50. The van der Waals surface area contributed by atoms with Crippen LogP contribution < -0.4 is 15.4 Å². The molecular weight excluding hydrogens is 467 g/mol. The molecule has 156 valence electrons. The van der Waals surface area contributed by atoms with Crippen molar-refractivity contribution in [3.05, 3.63) is 42.0 Å². The quantitative estimate of drug-likeness (QED) is 0.298. The van der Waals surface area contributed by atoms with Crippen molar-refractivity contribution >= 4 is 29.9 Å². The molecule has 8 heteroatoms. The van der Waals surface area contributed by atoms with Gasteiger partial charge in [-0.2, -0.15) is 0 Å². The van der Waals surface area contributed by atoms with Gasteiger partial charge in [0.2, 0.25) is 0 Å². The molecule has 28 heavy (non-hydrogen) atoms. The number of nitrogens with one attached hydrogen (secondary N) is 2. The zero-order chi connectivity index (χ0) is 19.5. The Balaban J connectivity index is 0.00000392.